The average Bonchev–Trinajstić information content (AvgIpc) is 2.02. The molecule has 0 aliphatic carbocycles. The minimum Gasteiger partial charge on any atom is -0.329 e. The van der Waals surface area contributed by atoms with Gasteiger partial charge in [0.15, 0.2) is 5.29 Å². The van der Waals surface area contributed by atoms with Gasteiger partial charge in [0.05, 0.1) is 11.4 Å². The molecule has 0 unspecified atom stereocenters. The van der Waals surface area contributed by atoms with Crippen molar-refractivity contribution in [2.24, 2.45) is 4.99 Å². The predicted octanol–water partition coefficient (Wildman–Crippen LogP) is 2.34. The molecule has 0 saturated carbocycles. The summed E-state index contributed by atoms with van der Waals surface area (Å²) in [5.74, 6) is 0. The second kappa shape index (κ2) is 2.70. The second-order valence-corrected chi connectivity index (χ2v) is 3.84. The van der Waals surface area contributed by atoms with E-state index in [0.29, 0.717) is 5.29 Å². The van der Waals surface area contributed by atoms with E-state index in [1.165, 1.54) is 0 Å². The van der Waals surface area contributed by atoms with Crippen LogP contribution in [0.5, 0.6) is 0 Å². The lowest BCUT2D eigenvalue weighted by Crippen LogP contribution is -2.26. The third-order valence-corrected chi connectivity index (χ3v) is 2.18. The highest BCUT2D eigenvalue weighted by atomic mass is 35.5. The van der Waals surface area contributed by atoms with E-state index in [-0.39, 0.29) is 5.54 Å². The lowest BCUT2D eigenvalue weighted by Gasteiger charge is -2.27. The van der Waals surface area contributed by atoms with Gasteiger partial charge in [0.2, 0.25) is 0 Å². The van der Waals surface area contributed by atoms with Crippen molar-refractivity contribution in [2.45, 2.75) is 19.4 Å². The molecule has 0 spiro atoms. The third-order valence-electron chi connectivity index (χ3n) is 2.00. The topological polar surface area (TPSA) is 37.3 Å². The molecule has 68 valence electrons. The van der Waals surface area contributed by atoms with Crippen LogP contribution in [0.3, 0.4) is 0 Å². The van der Waals surface area contributed by atoms with E-state index in [4.69, 9.17) is 11.6 Å². The highest BCUT2D eigenvalue weighted by molar-refractivity contribution is 6.67. The molecule has 0 atom stereocenters. The van der Waals surface area contributed by atoms with Crippen LogP contribution < -0.4 is 5.32 Å². The maximum Gasteiger partial charge on any atom is 0.196 e. The van der Waals surface area contributed by atoms with Gasteiger partial charge in [-0.05, 0) is 37.6 Å². The Hall–Kier alpha value is -1.09. The number of amidine groups is 1. The molecule has 1 N–H and O–H groups in total. The van der Waals surface area contributed by atoms with Crippen molar-refractivity contribution in [3.63, 3.8) is 0 Å². The van der Waals surface area contributed by atoms with Gasteiger partial charge in [-0.25, -0.2) is 4.99 Å². The molecule has 1 aromatic heterocycles. The zero-order chi connectivity index (χ0) is 9.47. The number of nitrogens with one attached hydrogen (secondary N) is 1. The zero-order valence-electron chi connectivity index (χ0n) is 7.50. The molecule has 2 heterocycles. The van der Waals surface area contributed by atoms with E-state index in [2.05, 4.69) is 15.3 Å². The molecule has 3 nitrogen and oxygen atoms in total. The molecule has 1 aliphatic rings. The number of aliphatic imine (C=N–C) groups is 1. The Bertz CT molecular complexity index is 371. The normalized spacial score (nSPS) is 18.5. The Kier molecular flexibility index (Phi) is 1.77. The van der Waals surface area contributed by atoms with E-state index in [1.807, 2.05) is 26.0 Å². The van der Waals surface area contributed by atoms with E-state index in [1.54, 1.807) is 6.20 Å². The van der Waals surface area contributed by atoms with Gasteiger partial charge in [0.1, 0.15) is 5.54 Å². The second-order valence-electron chi connectivity index (χ2n) is 3.49. The van der Waals surface area contributed by atoms with E-state index < -0.39 is 0 Å². The summed E-state index contributed by atoms with van der Waals surface area (Å²) in [6.45, 7) is 3.98. The van der Waals surface area contributed by atoms with Gasteiger partial charge in [0.25, 0.3) is 0 Å². The van der Waals surface area contributed by atoms with Crippen molar-refractivity contribution >= 4 is 22.6 Å². The quantitative estimate of drug-likeness (QED) is 0.646. The summed E-state index contributed by atoms with van der Waals surface area (Å²) in [6, 6.07) is 3.82. The fourth-order valence-electron chi connectivity index (χ4n) is 1.43. The highest BCUT2D eigenvalue weighted by Gasteiger charge is 2.28. The monoisotopic (exact) mass is 195 g/mol. The Morgan fingerprint density at radius 2 is 2.23 bits per heavy atom. The van der Waals surface area contributed by atoms with Gasteiger partial charge in [-0.1, -0.05) is 0 Å². The van der Waals surface area contributed by atoms with Crippen molar-refractivity contribution < 1.29 is 0 Å². The first-order valence-electron chi connectivity index (χ1n) is 4.07. The largest absolute Gasteiger partial charge is 0.329 e. The lowest BCUT2D eigenvalue weighted by molar-refractivity contribution is 0.538. The molecular formula is C9H10ClN3. The number of aromatic nitrogens is 1. The number of anilines is 1. The fraction of sp³-hybridized carbons (Fsp3) is 0.333. The molecule has 2 rings (SSSR count). The fourth-order valence-corrected chi connectivity index (χ4v) is 1.74. The molecule has 0 aromatic carbocycles. The summed E-state index contributed by atoms with van der Waals surface area (Å²) in [6.07, 6.45) is 1.76. The molecule has 0 amide bonds. The van der Waals surface area contributed by atoms with Crippen LogP contribution in [0.4, 0.5) is 5.69 Å². The van der Waals surface area contributed by atoms with Crippen LogP contribution in [0.1, 0.15) is 19.5 Å². The Morgan fingerprint density at radius 3 is 3.00 bits per heavy atom. The minimum atomic E-state index is -0.334. The number of rotatable bonds is 0. The van der Waals surface area contributed by atoms with Crippen molar-refractivity contribution in [2.75, 3.05) is 5.32 Å². The average molecular weight is 196 g/mol. The van der Waals surface area contributed by atoms with Crippen molar-refractivity contribution in [1.29, 1.82) is 0 Å². The van der Waals surface area contributed by atoms with Crippen LogP contribution in [0, 0.1) is 0 Å². The number of fused-ring (bicyclic) bond motifs is 1. The van der Waals surface area contributed by atoms with Crippen LogP contribution in [-0.2, 0) is 5.54 Å². The van der Waals surface area contributed by atoms with Crippen molar-refractivity contribution in [1.82, 2.24) is 4.98 Å². The van der Waals surface area contributed by atoms with Crippen LogP contribution in [0.25, 0.3) is 0 Å². The van der Waals surface area contributed by atoms with Crippen LogP contribution in [0.2, 0.25) is 0 Å². The van der Waals surface area contributed by atoms with Gasteiger partial charge in [0, 0.05) is 6.20 Å². The SMILES string of the molecule is CC1(C)N=C(Cl)Nc2cccnc21. The first-order chi connectivity index (χ1) is 6.09. The van der Waals surface area contributed by atoms with Gasteiger partial charge < -0.3 is 5.32 Å². The summed E-state index contributed by atoms with van der Waals surface area (Å²) in [5.41, 5.74) is 1.53. The maximum atomic E-state index is 5.84. The van der Waals surface area contributed by atoms with Gasteiger partial charge in [-0.15, -0.1) is 0 Å². The van der Waals surface area contributed by atoms with Gasteiger partial charge in [-0.2, -0.15) is 0 Å². The van der Waals surface area contributed by atoms with Crippen molar-refractivity contribution in [3.05, 3.63) is 24.0 Å². The Morgan fingerprint density at radius 1 is 1.46 bits per heavy atom. The summed E-state index contributed by atoms with van der Waals surface area (Å²) in [7, 11) is 0. The first kappa shape index (κ1) is 8.51. The molecule has 1 aliphatic heterocycles. The first-order valence-corrected chi connectivity index (χ1v) is 4.45. The van der Waals surface area contributed by atoms with E-state index in [0.717, 1.165) is 11.4 Å². The molecular weight excluding hydrogens is 186 g/mol. The maximum absolute atomic E-state index is 5.84. The molecule has 0 bridgehead atoms. The van der Waals surface area contributed by atoms with E-state index >= 15 is 0 Å². The van der Waals surface area contributed by atoms with E-state index in [9.17, 15) is 0 Å². The molecule has 1 aromatic rings. The Balaban J connectivity index is 2.58. The third kappa shape index (κ3) is 1.40. The molecule has 0 saturated heterocycles. The summed E-state index contributed by atoms with van der Waals surface area (Å²) < 4.78 is 0. The summed E-state index contributed by atoms with van der Waals surface area (Å²) in [4.78, 5) is 8.54. The summed E-state index contributed by atoms with van der Waals surface area (Å²) in [5, 5.41) is 3.39. The predicted molar refractivity (Wildman–Crippen MR) is 54.2 cm³/mol. The number of hydrogen-bond acceptors (Lipinski definition) is 3. The Labute approximate surface area is 81.9 Å². The number of nitrogens with zero attached hydrogens (tertiary/aromatic N) is 2. The summed E-state index contributed by atoms with van der Waals surface area (Å²) >= 11 is 5.84. The molecule has 0 radical (unpaired) electrons. The van der Waals surface area contributed by atoms with Crippen LogP contribution >= 0.6 is 11.6 Å². The van der Waals surface area contributed by atoms with Crippen LogP contribution in [0.15, 0.2) is 23.3 Å². The highest BCUT2D eigenvalue weighted by Crippen LogP contribution is 2.32. The zero-order valence-corrected chi connectivity index (χ0v) is 8.26. The van der Waals surface area contributed by atoms with Crippen LogP contribution in [-0.4, -0.2) is 10.3 Å². The van der Waals surface area contributed by atoms with Gasteiger partial charge >= 0.3 is 0 Å². The standard InChI is InChI=1S/C9H10ClN3/c1-9(2)7-6(4-3-5-11-7)12-8(10)13-9/h3-5H,1-2H3,(H,12,13). The smallest absolute Gasteiger partial charge is 0.196 e. The molecule has 0 fully saturated rings. The minimum absolute atomic E-state index is 0.334. The molecule has 4 heteroatoms. The number of halogens is 1. The number of hydrogen-bond donors (Lipinski definition) is 1. The lowest BCUT2D eigenvalue weighted by atomic mass is 9.98. The number of pyridine rings is 1. The van der Waals surface area contributed by atoms with Gasteiger partial charge in [-0.3, -0.25) is 4.98 Å². The molecule has 13 heavy (non-hydrogen) atoms. The van der Waals surface area contributed by atoms with Crippen molar-refractivity contribution in [3.8, 4) is 0 Å².